The predicted octanol–water partition coefficient (Wildman–Crippen LogP) is 0.895. The zero-order valence-corrected chi connectivity index (χ0v) is 31.1. The molecule has 0 N–H and O–H groups in total. The molecule has 39 heavy (non-hydrogen) atoms. The molecule has 222 valence electrons. The van der Waals surface area contributed by atoms with E-state index in [0.29, 0.717) is 0 Å². The van der Waals surface area contributed by atoms with E-state index in [1.165, 1.54) is 109 Å². The Balaban J connectivity index is 0. The zero-order valence-electron chi connectivity index (χ0n) is 25.8. The number of benzene rings is 1. The van der Waals surface area contributed by atoms with Gasteiger partial charge < -0.3 is 37.2 Å². The van der Waals surface area contributed by atoms with Gasteiger partial charge in [0, 0.05) is 0 Å². The maximum atomic E-state index is 2.45. The third kappa shape index (κ3) is 16.1. The molecule has 0 fully saturated rings. The molecule has 2 rings (SSSR count). The summed E-state index contributed by atoms with van der Waals surface area (Å²) in [6.45, 7) is 12.0. The Morgan fingerprint density at radius 1 is 0.667 bits per heavy atom. The molecule has 0 nitrogen and oxygen atoms in total. The molecule has 0 heterocycles. The summed E-state index contributed by atoms with van der Waals surface area (Å²) >= 11 is 2.43. The van der Waals surface area contributed by atoms with Crippen molar-refractivity contribution in [2.45, 2.75) is 144 Å². The van der Waals surface area contributed by atoms with Crippen molar-refractivity contribution in [2.75, 3.05) is 0 Å². The third-order valence-electron chi connectivity index (χ3n) is 8.24. The molecule has 1 aromatic carbocycles. The summed E-state index contributed by atoms with van der Waals surface area (Å²) in [4.78, 5) is 0. The van der Waals surface area contributed by atoms with E-state index >= 15 is 0 Å². The van der Waals surface area contributed by atoms with Crippen molar-refractivity contribution in [1.29, 1.82) is 0 Å². The van der Waals surface area contributed by atoms with Crippen molar-refractivity contribution in [1.82, 2.24) is 0 Å². The third-order valence-corrected chi connectivity index (χ3v) is 11.8. The number of halogens is 3. The van der Waals surface area contributed by atoms with Gasteiger partial charge >= 0.3 is 183 Å². The molecule has 1 aliphatic carbocycles. The standard InChI is InChI=1S/C34H57Si.3ClH.Ti/c1-6-7-8-9-10-11-12-13-14-15-16-17-18-19-20-24-27-31-29(2)32(34(3,4)5)28-33(31)35-30-25-22-21-23-26-30;;;;/h21-23,25-26,31H,6-20,24,27,35H2,1-5H3;3*1H;/q;;;;+3/p-3. The van der Waals surface area contributed by atoms with Crippen LogP contribution in [0.5, 0.6) is 0 Å². The molecule has 0 aromatic heterocycles. The van der Waals surface area contributed by atoms with Crippen molar-refractivity contribution in [3.63, 3.8) is 0 Å². The predicted molar refractivity (Wildman–Crippen MR) is 161 cm³/mol. The van der Waals surface area contributed by atoms with Crippen molar-refractivity contribution in [3.8, 4) is 0 Å². The van der Waals surface area contributed by atoms with Crippen molar-refractivity contribution in [3.05, 3.63) is 50.6 Å². The SMILES string of the molecule is CCCCCCCCCCCCCCCCCCC1C(C)=C(C(C)(C)C)[C]([Ti+3])=C1[SiH2]c1ccccc1.[Cl-].[Cl-].[Cl-]. The largest absolute Gasteiger partial charge is 1.00 e. The average Bonchev–Trinajstić information content (AvgIpc) is 3.08. The second kappa shape index (κ2) is 24.0. The van der Waals surface area contributed by atoms with Crippen LogP contribution in [-0.2, 0) is 20.4 Å². The maximum Gasteiger partial charge on any atom is -1.00 e. The van der Waals surface area contributed by atoms with Crippen LogP contribution in [-0.4, -0.2) is 9.52 Å². The summed E-state index contributed by atoms with van der Waals surface area (Å²) < 4.78 is 1.65. The molecule has 0 spiro atoms. The van der Waals surface area contributed by atoms with Gasteiger partial charge in [-0.2, -0.15) is 0 Å². The first-order valence-corrected chi connectivity index (χ1v) is 17.8. The summed E-state index contributed by atoms with van der Waals surface area (Å²) in [5.41, 5.74) is 3.62. The monoisotopic (exact) mass is 646 g/mol. The Labute approximate surface area is 276 Å². The molecular weight excluding hydrogens is 591 g/mol. The Kier molecular flexibility index (Phi) is 25.6. The van der Waals surface area contributed by atoms with Gasteiger partial charge in [0.15, 0.2) is 0 Å². The van der Waals surface area contributed by atoms with Gasteiger partial charge in [0.2, 0.25) is 0 Å². The van der Waals surface area contributed by atoms with Crippen molar-refractivity contribution >= 4 is 14.7 Å². The van der Waals surface area contributed by atoms with Gasteiger partial charge in [-0.25, -0.2) is 0 Å². The fraction of sp³-hybridized carbons (Fsp3) is 0.706. The normalized spacial score (nSPS) is 15.5. The summed E-state index contributed by atoms with van der Waals surface area (Å²) in [5.74, 6) is 0.720. The number of allylic oxidation sites excluding steroid dienone is 4. The average molecular weight is 648 g/mol. The first-order chi connectivity index (χ1) is 17.4. The Bertz CT molecular complexity index is 798. The molecule has 1 aromatic rings. The van der Waals surface area contributed by atoms with E-state index in [-0.39, 0.29) is 52.2 Å². The van der Waals surface area contributed by atoms with Crippen LogP contribution >= 0.6 is 0 Å². The van der Waals surface area contributed by atoms with E-state index in [2.05, 4.69) is 85.4 Å². The number of hydrogen-bond acceptors (Lipinski definition) is 0. The Hall–Kier alpha value is 0.501. The second-order valence-corrected chi connectivity index (χ2v) is 15.2. The minimum Gasteiger partial charge on any atom is -1.00 e. The van der Waals surface area contributed by atoms with Crippen LogP contribution in [0.2, 0.25) is 0 Å². The van der Waals surface area contributed by atoms with Crippen molar-refractivity contribution < 1.29 is 57.7 Å². The quantitative estimate of drug-likeness (QED) is 0.155. The summed E-state index contributed by atoms with van der Waals surface area (Å²) in [7, 11) is -0.380. The van der Waals surface area contributed by atoms with E-state index in [9.17, 15) is 0 Å². The first-order valence-electron chi connectivity index (χ1n) is 15.6. The molecule has 1 unspecified atom stereocenters. The van der Waals surface area contributed by atoms with E-state index in [0.717, 1.165) is 5.92 Å². The topological polar surface area (TPSA) is 0 Å². The minimum absolute atomic E-state index is 0. The Morgan fingerprint density at radius 2 is 1.08 bits per heavy atom. The van der Waals surface area contributed by atoms with Gasteiger partial charge in [0.05, 0.1) is 0 Å². The molecule has 1 aliphatic rings. The summed E-state index contributed by atoms with van der Waals surface area (Å²) in [6.07, 6.45) is 24.6. The smallest absolute Gasteiger partial charge is 1.00 e. The zero-order chi connectivity index (χ0) is 26.2. The molecule has 0 amide bonds. The van der Waals surface area contributed by atoms with E-state index in [1.54, 1.807) is 20.2 Å². The summed E-state index contributed by atoms with van der Waals surface area (Å²) in [5, 5.41) is 3.44. The van der Waals surface area contributed by atoms with E-state index in [4.69, 9.17) is 0 Å². The summed E-state index contributed by atoms with van der Waals surface area (Å²) in [6, 6.07) is 11.3. The van der Waals surface area contributed by atoms with Gasteiger partial charge in [-0.1, -0.05) is 58.3 Å². The fourth-order valence-corrected chi connectivity index (χ4v) is 9.89. The number of hydrogen-bond donors (Lipinski definition) is 0. The van der Waals surface area contributed by atoms with Gasteiger partial charge in [0.1, 0.15) is 0 Å². The Morgan fingerprint density at radius 3 is 1.49 bits per heavy atom. The molecule has 0 radical (unpaired) electrons. The van der Waals surface area contributed by atoms with Gasteiger partial charge in [-0.05, 0) is 0 Å². The molecule has 0 saturated heterocycles. The minimum atomic E-state index is -0.380. The van der Waals surface area contributed by atoms with Gasteiger partial charge in [0.25, 0.3) is 0 Å². The van der Waals surface area contributed by atoms with E-state index in [1.807, 2.05) is 5.20 Å². The number of rotatable bonds is 19. The van der Waals surface area contributed by atoms with Gasteiger partial charge in [-0.3, -0.25) is 0 Å². The molecule has 0 saturated carbocycles. The van der Waals surface area contributed by atoms with Crippen molar-refractivity contribution in [2.24, 2.45) is 11.3 Å². The van der Waals surface area contributed by atoms with Gasteiger partial charge in [-0.15, -0.1) is 0 Å². The van der Waals surface area contributed by atoms with Crippen LogP contribution in [0.15, 0.2) is 50.6 Å². The van der Waals surface area contributed by atoms with Crippen LogP contribution in [0, 0.1) is 11.3 Å². The van der Waals surface area contributed by atoms with E-state index < -0.39 is 0 Å². The maximum absolute atomic E-state index is 2.45. The van der Waals surface area contributed by atoms with Crippen LogP contribution < -0.4 is 42.4 Å². The van der Waals surface area contributed by atoms with Crippen LogP contribution in [0.4, 0.5) is 0 Å². The van der Waals surface area contributed by atoms with Crippen LogP contribution in [0.3, 0.4) is 0 Å². The molecule has 5 heteroatoms. The second-order valence-electron chi connectivity index (χ2n) is 12.5. The molecular formula is C34H57Cl3SiTi. The first kappa shape index (κ1) is 41.6. The molecule has 0 aliphatic heterocycles. The van der Waals surface area contributed by atoms with Crippen LogP contribution in [0.1, 0.15) is 144 Å². The molecule has 0 bridgehead atoms. The van der Waals surface area contributed by atoms with Crippen LogP contribution in [0.25, 0.3) is 0 Å². The fourth-order valence-electron chi connectivity index (χ4n) is 6.25. The molecule has 1 atom stereocenters. The number of unbranched alkanes of at least 4 members (excludes halogenated alkanes) is 15.